The molecule has 0 atom stereocenters. The topological polar surface area (TPSA) is 58.6 Å². The molecule has 5 nitrogen and oxygen atoms in total. The fourth-order valence-electron chi connectivity index (χ4n) is 2.55. The van der Waals surface area contributed by atoms with E-state index in [1.807, 2.05) is 18.2 Å². The van der Waals surface area contributed by atoms with Crippen molar-refractivity contribution in [3.8, 4) is 5.75 Å². The number of amides is 2. The van der Waals surface area contributed by atoms with Crippen molar-refractivity contribution in [3.05, 3.63) is 54.1 Å². The largest absolute Gasteiger partial charge is 0.417 e. The van der Waals surface area contributed by atoms with Crippen LogP contribution in [0.15, 0.2) is 48.5 Å². The van der Waals surface area contributed by atoms with Crippen molar-refractivity contribution in [1.29, 1.82) is 0 Å². The zero-order chi connectivity index (χ0) is 15.5. The highest BCUT2D eigenvalue weighted by Crippen LogP contribution is 2.30. The van der Waals surface area contributed by atoms with Crippen LogP contribution in [0.5, 0.6) is 5.75 Å². The average molecular weight is 296 g/mol. The summed E-state index contributed by atoms with van der Waals surface area (Å²) >= 11 is 0. The summed E-state index contributed by atoms with van der Waals surface area (Å²) in [5, 5.41) is 2.70. The molecule has 22 heavy (non-hydrogen) atoms. The maximum absolute atomic E-state index is 11.9. The fourth-order valence-corrected chi connectivity index (χ4v) is 2.55. The molecule has 2 amide bonds. The number of nitrogens with one attached hydrogen (secondary N) is 1. The Bertz CT molecular complexity index is 713. The van der Waals surface area contributed by atoms with Gasteiger partial charge in [-0.05, 0) is 42.3 Å². The monoisotopic (exact) mass is 296 g/mol. The Morgan fingerprint density at radius 1 is 1.14 bits per heavy atom. The lowest BCUT2D eigenvalue weighted by molar-refractivity contribution is -0.116. The van der Waals surface area contributed by atoms with E-state index in [2.05, 4.69) is 5.32 Å². The van der Waals surface area contributed by atoms with Crippen LogP contribution in [0, 0.1) is 0 Å². The van der Waals surface area contributed by atoms with E-state index in [1.54, 1.807) is 42.2 Å². The maximum atomic E-state index is 11.9. The van der Waals surface area contributed by atoms with Crippen molar-refractivity contribution in [2.75, 3.05) is 16.8 Å². The van der Waals surface area contributed by atoms with E-state index in [0.717, 1.165) is 17.7 Å². The van der Waals surface area contributed by atoms with Gasteiger partial charge in [0.25, 0.3) is 0 Å². The first-order valence-electron chi connectivity index (χ1n) is 7.08. The molecule has 3 rings (SSSR count). The molecule has 0 saturated heterocycles. The van der Waals surface area contributed by atoms with Crippen molar-refractivity contribution in [2.24, 2.45) is 0 Å². The van der Waals surface area contributed by atoms with Gasteiger partial charge in [0.15, 0.2) is 0 Å². The first-order chi connectivity index (χ1) is 10.6. The normalized spacial score (nSPS) is 12.7. The molecule has 1 aliphatic heterocycles. The molecule has 1 aliphatic rings. The molecule has 0 radical (unpaired) electrons. The Morgan fingerprint density at radius 3 is 2.64 bits per heavy atom. The number of carbonyl (C=O) groups is 2. The summed E-state index contributed by atoms with van der Waals surface area (Å²) < 4.78 is 5.18. The number of rotatable bonds is 2. The van der Waals surface area contributed by atoms with Gasteiger partial charge in [-0.3, -0.25) is 10.1 Å². The Hall–Kier alpha value is -2.82. The third-order valence-electron chi connectivity index (χ3n) is 3.56. The molecule has 5 heteroatoms. The molecule has 0 spiro atoms. The zero-order valence-electron chi connectivity index (χ0n) is 12.2. The van der Waals surface area contributed by atoms with Crippen LogP contribution in [0.25, 0.3) is 0 Å². The second-order valence-electron chi connectivity index (χ2n) is 5.09. The lowest BCUT2D eigenvalue weighted by atomic mass is 10.1. The lowest BCUT2D eigenvalue weighted by Gasteiger charge is -2.15. The van der Waals surface area contributed by atoms with E-state index in [9.17, 15) is 9.59 Å². The van der Waals surface area contributed by atoms with Crippen LogP contribution in [-0.4, -0.2) is 18.5 Å². The van der Waals surface area contributed by atoms with Crippen molar-refractivity contribution in [1.82, 2.24) is 0 Å². The third-order valence-corrected chi connectivity index (χ3v) is 3.56. The first kappa shape index (κ1) is 14.1. The van der Waals surface area contributed by atoms with Gasteiger partial charge in [-0.1, -0.05) is 18.2 Å². The number of ether oxygens (including phenoxy) is 1. The van der Waals surface area contributed by atoms with Crippen molar-refractivity contribution < 1.29 is 14.3 Å². The van der Waals surface area contributed by atoms with Gasteiger partial charge in [0, 0.05) is 24.8 Å². The lowest BCUT2D eigenvalue weighted by Crippen LogP contribution is -2.25. The second-order valence-corrected chi connectivity index (χ2v) is 5.09. The summed E-state index contributed by atoms with van der Waals surface area (Å²) in [5.41, 5.74) is 2.62. The number of para-hydroxylation sites is 1. The standard InChI is InChI=1S/C17H16N2O3/c1-12(20)19-10-9-13-11-14(7-8-16(13)19)18-17(21)22-15-5-3-2-4-6-15/h2-8,11H,9-10H2,1H3,(H,18,21). The smallest absolute Gasteiger partial charge is 0.410 e. The molecule has 0 saturated carbocycles. The molecule has 0 aromatic heterocycles. The number of hydrogen-bond acceptors (Lipinski definition) is 3. The van der Waals surface area contributed by atoms with Gasteiger partial charge in [-0.25, -0.2) is 4.79 Å². The summed E-state index contributed by atoms with van der Waals surface area (Å²) in [4.78, 5) is 25.1. The van der Waals surface area contributed by atoms with Crippen LogP contribution >= 0.6 is 0 Å². The molecule has 2 aromatic rings. The Balaban J connectivity index is 1.69. The predicted molar refractivity (Wildman–Crippen MR) is 84.3 cm³/mol. The number of nitrogens with zero attached hydrogens (tertiary/aromatic N) is 1. The Morgan fingerprint density at radius 2 is 1.91 bits per heavy atom. The van der Waals surface area contributed by atoms with E-state index in [0.29, 0.717) is 18.0 Å². The number of anilines is 2. The summed E-state index contributed by atoms with van der Waals surface area (Å²) in [6.45, 7) is 2.24. The molecule has 1 N–H and O–H groups in total. The van der Waals surface area contributed by atoms with Crippen molar-refractivity contribution >= 4 is 23.4 Å². The maximum Gasteiger partial charge on any atom is 0.417 e. The molecule has 0 unspecified atom stereocenters. The summed E-state index contributed by atoms with van der Waals surface area (Å²) in [6, 6.07) is 14.4. The van der Waals surface area contributed by atoms with Crippen molar-refractivity contribution in [3.63, 3.8) is 0 Å². The molecular weight excluding hydrogens is 280 g/mol. The molecule has 0 fully saturated rings. The summed E-state index contributed by atoms with van der Waals surface area (Å²) in [6.07, 6.45) is 0.255. The van der Waals surface area contributed by atoms with Gasteiger partial charge in [-0.15, -0.1) is 0 Å². The number of fused-ring (bicyclic) bond motifs is 1. The molecular formula is C17H16N2O3. The van der Waals surface area contributed by atoms with Crippen LogP contribution in [-0.2, 0) is 11.2 Å². The Kier molecular flexibility index (Phi) is 3.78. The highest BCUT2D eigenvalue weighted by Gasteiger charge is 2.22. The van der Waals surface area contributed by atoms with Crippen LogP contribution in [0.2, 0.25) is 0 Å². The van der Waals surface area contributed by atoms with Gasteiger partial charge >= 0.3 is 6.09 Å². The van der Waals surface area contributed by atoms with Crippen LogP contribution in [0.3, 0.4) is 0 Å². The van der Waals surface area contributed by atoms with E-state index in [1.165, 1.54) is 0 Å². The number of hydrogen-bond donors (Lipinski definition) is 1. The average Bonchev–Trinajstić information content (AvgIpc) is 2.91. The quantitative estimate of drug-likeness (QED) is 0.925. The number of carbonyl (C=O) groups excluding carboxylic acids is 2. The minimum atomic E-state index is -0.535. The molecule has 0 bridgehead atoms. The SMILES string of the molecule is CC(=O)N1CCc2cc(NC(=O)Oc3ccccc3)ccc21. The fraction of sp³-hybridized carbons (Fsp3) is 0.176. The molecule has 112 valence electrons. The molecule has 0 aliphatic carbocycles. The minimum absolute atomic E-state index is 0.0305. The summed E-state index contributed by atoms with van der Waals surface area (Å²) in [7, 11) is 0. The second kappa shape index (κ2) is 5.89. The minimum Gasteiger partial charge on any atom is -0.410 e. The van der Waals surface area contributed by atoms with Gasteiger partial charge in [0.2, 0.25) is 5.91 Å². The van der Waals surface area contributed by atoms with Crippen LogP contribution in [0.4, 0.5) is 16.2 Å². The van der Waals surface area contributed by atoms with Crippen molar-refractivity contribution in [2.45, 2.75) is 13.3 Å². The molecule has 1 heterocycles. The van der Waals surface area contributed by atoms with Gasteiger partial charge in [-0.2, -0.15) is 0 Å². The van der Waals surface area contributed by atoms with E-state index < -0.39 is 6.09 Å². The first-order valence-corrected chi connectivity index (χ1v) is 7.08. The predicted octanol–water partition coefficient (Wildman–Crippen LogP) is 3.21. The van der Waals surface area contributed by atoms with Gasteiger partial charge in [0.05, 0.1) is 0 Å². The van der Waals surface area contributed by atoms with Gasteiger partial charge < -0.3 is 9.64 Å². The van der Waals surface area contributed by atoms with Crippen LogP contribution < -0.4 is 15.0 Å². The highest BCUT2D eigenvalue weighted by atomic mass is 16.6. The highest BCUT2D eigenvalue weighted by molar-refractivity contribution is 5.94. The van der Waals surface area contributed by atoms with E-state index in [-0.39, 0.29) is 5.91 Å². The Labute approximate surface area is 128 Å². The van der Waals surface area contributed by atoms with E-state index in [4.69, 9.17) is 4.74 Å². The number of benzene rings is 2. The van der Waals surface area contributed by atoms with Crippen LogP contribution in [0.1, 0.15) is 12.5 Å². The third kappa shape index (κ3) is 2.93. The van der Waals surface area contributed by atoms with Gasteiger partial charge in [0.1, 0.15) is 5.75 Å². The zero-order valence-corrected chi connectivity index (χ0v) is 12.2. The van der Waals surface area contributed by atoms with E-state index >= 15 is 0 Å². The molecule has 2 aromatic carbocycles. The summed E-state index contributed by atoms with van der Waals surface area (Å²) in [5.74, 6) is 0.520.